The molecule has 1 fully saturated rings. The standard InChI is InChI=1S/C14H14N4O3.ClH/c1-7-16-9-4-2-3-8(15)12(9)14(21)18(7)10-5-6-11(19)17-13(10)20;/h2-4,10H,5-6,15H2,1H3,(H,17,19,20);1H. The average molecular weight is 323 g/mol. The van der Waals surface area contributed by atoms with E-state index in [0.29, 0.717) is 22.4 Å². The SMILES string of the molecule is Cc1nc2cccc(N)c2c(=O)n1C1CCC(=O)NC1=O.Cl. The number of rotatable bonds is 1. The lowest BCUT2D eigenvalue weighted by Gasteiger charge is -2.24. The van der Waals surface area contributed by atoms with E-state index in [-0.39, 0.29) is 36.7 Å². The minimum absolute atomic E-state index is 0. The van der Waals surface area contributed by atoms with Gasteiger partial charge in [-0.15, -0.1) is 12.4 Å². The maximum atomic E-state index is 12.7. The summed E-state index contributed by atoms with van der Waals surface area (Å²) in [6, 6.07) is 4.32. The molecule has 7 nitrogen and oxygen atoms in total. The van der Waals surface area contributed by atoms with Gasteiger partial charge in [0.15, 0.2) is 0 Å². The van der Waals surface area contributed by atoms with Gasteiger partial charge < -0.3 is 5.73 Å². The third kappa shape index (κ3) is 2.43. The van der Waals surface area contributed by atoms with E-state index in [9.17, 15) is 14.4 Å². The Morgan fingerprint density at radius 3 is 2.73 bits per heavy atom. The van der Waals surface area contributed by atoms with Gasteiger partial charge in [-0.3, -0.25) is 24.3 Å². The van der Waals surface area contributed by atoms with Crippen molar-refractivity contribution < 1.29 is 9.59 Å². The molecule has 22 heavy (non-hydrogen) atoms. The van der Waals surface area contributed by atoms with Crippen molar-refractivity contribution in [2.24, 2.45) is 0 Å². The zero-order chi connectivity index (χ0) is 15.1. The fourth-order valence-corrected chi connectivity index (χ4v) is 2.67. The van der Waals surface area contributed by atoms with Crippen LogP contribution in [0.3, 0.4) is 0 Å². The first-order chi connectivity index (χ1) is 9.99. The molecule has 1 atom stereocenters. The zero-order valence-electron chi connectivity index (χ0n) is 11.8. The van der Waals surface area contributed by atoms with Crippen LogP contribution in [-0.4, -0.2) is 21.4 Å². The summed E-state index contributed by atoms with van der Waals surface area (Å²) >= 11 is 0. The summed E-state index contributed by atoms with van der Waals surface area (Å²) in [5.41, 5.74) is 6.32. The third-order valence-corrected chi connectivity index (χ3v) is 3.66. The highest BCUT2D eigenvalue weighted by molar-refractivity contribution is 5.99. The second kappa shape index (κ2) is 5.76. The van der Waals surface area contributed by atoms with Crippen LogP contribution in [0, 0.1) is 6.92 Å². The van der Waals surface area contributed by atoms with Gasteiger partial charge in [-0.25, -0.2) is 4.98 Å². The Kier molecular flexibility index (Phi) is 4.18. The maximum Gasteiger partial charge on any atom is 0.264 e. The molecule has 116 valence electrons. The lowest BCUT2D eigenvalue weighted by molar-refractivity contribution is -0.135. The van der Waals surface area contributed by atoms with Crippen LogP contribution in [0.2, 0.25) is 0 Å². The number of carbonyl (C=O) groups is 2. The van der Waals surface area contributed by atoms with Crippen molar-refractivity contribution in [1.82, 2.24) is 14.9 Å². The smallest absolute Gasteiger partial charge is 0.264 e. The van der Waals surface area contributed by atoms with Crippen LogP contribution >= 0.6 is 12.4 Å². The van der Waals surface area contributed by atoms with Crippen LogP contribution in [-0.2, 0) is 9.59 Å². The number of hydrogen-bond acceptors (Lipinski definition) is 5. The van der Waals surface area contributed by atoms with Crippen LogP contribution < -0.4 is 16.6 Å². The minimum Gasteiger partial charge on any atom is -0.398 e. The highest BCUT2D eigenvalue weighted by Gasteiger charge is 2.30. The van der Waals surface area contributed by atoms with Crippen molar-refractivity contribution in [2.75, 3.05) is 5.73 Å². The summed E-state index contributed by atoms with van der Waals surface area (Å²) < 4.78 is 1.32. The first-order valence-corrected chi connectivity index (χ1v) is 6.60. The highest BCUT2D eigenvalue weighted by atomic mass is 35.5. The van der Waals surface area contributed by atoms with Crippen molar-refractivity contribution in [3.63, 3.8) is 0 Å². The van der Waals surface area contributed by atoms with Crippen molar-refractivity contribution in [3.8, 4) is 0 Å². The van der Waals surface area contributed by atoms with Gasteiger partial charge in [0.2, 0.25) is 11.8 Å². The molecule has 1 aliphatic heterocycles. The molecule has 1 aromatic carbocycles. The van der Waals surface area contributed by atoms with Crippen molar-refractivity contribution in [1.29, 1.82) is 0 Å². The van der Waals surface area contributed by atoms with E-state index in [2.05, 4.69) is 10.3 Å². The van der Waals surface area contributed by atoms with Crippen LogP contribution in [0.4, 0.5) is 5.69 Å². The molecule has 0 saturated carbocycles. The van der Waals surface area contributed by atoms with Crippen molar-refractivity contribution >= 4 is 40.8 Å². The quantitative estimate of drug-likeness (QED) is 0.593. The Hall–Kier alpha value is -2.41. The lowest BCUT2D eigenvalue weighted by Crippen LogP contribution is -2.45. The molecular formula is C14H15ClN4O3. The molecule has 2 aromatic rings. The van der Waals surface area contributed by atoms with E-state index in [1.54, 1.807) is 25.1 Å². The molecule has 1 aliphatic rings. The molecule has 0 radical (unpaired) electrons. The number of carbonyl (C=O) groups excluding carboxylic acids is 2. The van der Waals surface area contributed by atoms with Gasteiger partial charge in [0, 0.05) is 12.1 Å². The third-order valence-electron chi connectivity index (χ3n) is 3.66. The van der Waals surface area contributed by atoms with Gasteiger partial charge in [0.05, 0.1) is 10.9 Å². The number of anilines is 1. The lowest BCUT2D eigenvalue weighted by atomic mass is 10.1. The average Bonchev–Trinajstić information content (AvgIpc) is 2.40. The highest BCUT2D eigenvalue weighted by Crippen LogP contribution is 2.21. The predicted octanol–water partition coefficient (Wildman–Crippen LogP) is 0.687. The number of nitrogens with zero attached hydrogens (tertiary/aromatic N) is 2. The molecule has 3 rings (SSSR count). The summed E-state index contributed by atoms with van der Waals surface area (Å²) in [6.45, 7) is 1.66. The summed E-state index contributed by atoms with van der Waals surface area (Å²) in [7, 11) is 0. The molecule has 8 heteroatoms. The van der Waals surface area contributed by atoms with Gasteiger partial charge in [-0.05, 0) is 25.5 Å². The van der Waals surface area contributed by atoms with Crippen LogP contribution in [0.25, 0.3) is 10.9 Å². The molecule has 0 spiro atoms. The second-order valence-corrected chi connectivity index (χ2v) is 5.04. The fraction of sp³-hybridized carbons (Fsp3) is 0.286. The van der Waals surface area contributed by atoms with Gasteiger partial charge in [-0.2, -0.15) is 0 Å². The van der Waals surface area contributed by atoms with Crippen LogP contribution in [0.15, 0.2) is 23.0 Å². The number of piperidine rings is 1. The molecule has 0 bridgehead atoms. The topological polar surface area (TPSA) is 107 Å². The Morgan fingerprint density at radius 1 is 1.32 bits per heavy atom. The van der Waals surface area contributed by atoms with Crippen molar-refractivity contribution in [2.45, 2.75) is 25.8 Å². The molecule has 2 amide bonds. The Balaban J connectivity index is 0.00000176. The Morgan fingerprint density at radius 2 is 2.05 bits per heavy atom. The number of halogens is 1. The fourth-order valence-electron chi connectivity index (χ4n) is 2.67. The Bertz CT molecular complexity index is 831. The molecule has 0 aliphatic carbocycles. The number of nitrogen functional groups attached to an aromatic ring is 1. The number of imide groups is 1. The number of amides is 2. The van der Waals surface area contributed by atoms with Crippen LogP contribution in [0.5, 0.6) is 0 Å². The summed E-state index contributed by atoms with van der Waals surface area (Å²) in [4.78, 5) is 40.2. The second-order valence-electron chi connectivity index (χ2n) is 5.04. The molecule has 1 saturated heterocycles. The number of nitrogens with one attached hydrogen (secondary N) is 1. The maximum absolute atomic E-state index is 12.7. The number of fused-ring (bicyclic) bond motifs is 1. The van der Waals surface area contributed by atoms with Gasteiger partial charge >= 0.3 is 0 Å². The monoisotopic (exact) mass is 322 g/mol. The molecule has 2 heterocycles. The summed E-state index contributed by atoms with van der Waals surface area (Å²) in [6.07, 6.45) is 0.482. The van der Waals surface area contributed by atoms with E-state index < -0.39 is 11.9 Å². The minimum atomic E-state index is -0.730. The molecule has 1 aromatic heterocycles. The number of aryl methyl sites for hydroxylation is 1. The van der Waals surface area contributed by atoms with Crippen molar-refractivity contribution in [3.05, 3.63) is 34.4 Å². The van der Waals surface area contributed by atoms with E-state index in [4.69, 9.17) is 5.73 Å². The number of hydrogen-bond donors (Lipinski definition) is 2. The predicted molar refractivity (Wildman–Crippen MR) is 83.8 cm³/mol. The van der Waals surface area contributed by atoms with E-state index in [1.807, 2.05) is 0 Å². The number of benzene rings is 1. The van der Waals surface area contributed by atoms with Gasteiger partial charge in [0.25, 0.3) is 5.56 Å². The zero-order valence-corrected chi connectivity index (χ0v) is 12.6. The number of aromatic nitrogens is 2. The van der Waals surface area contributed by atoms with E-state index in [0.717, 1.165) is 0 Å². The number of nitrogens with two attached hydrogens (primary N) is 1. The summed E-state index contributed by atoms with van der Waals surface area (Å²) in [5.74, 6) is -0.380. The summed E-state index contributed by atoms with van der Waals surface area (Å²) in [5, 5.41) is 2.55. The molecule has 1 unspecified atom stereocenters. The first-order valence-electron chi connectivity index (χ1n) is 6.60. The largest absolute Gasteiger partial charge is 0.398 e. The Labute approximate surface area is 131 Å². The normalized spacial score (nSPS) is 18.0. The molecule has 3 N–H and O–H groups in total. The first kappa shape index (κ1) is 16.0. The van der Waals surface area contributed by atoms with Gasteiger partial charge in [-0.1, -0.05) is 6.07 Å². The van der Waals surface area contributed by atoms with E-state index in [1.165, 1.54) is 4.57 Å². The van der Waals surface area contributed by atoms with E-state index >= 15 is 0 Å². The van der Waals surface area contributed by atoms with Crippen LogP contribution in [0.1, 0.15) is 24.7 Å². The molecular weight excluding hydrogens is 308 g/mol. The van der Waals surface area contributed by atoms with Gasteiger partial charge in [0.1, 0.15) is 11.9 Å².